The van der Waals surface area contributed by atoms with Gasteiger partial charge in [-0.2, -0.15) is 4.98 Å². The van der Waals surface area contributed by atoms with Crippen LogP contribution < -0.4 is 21.9 Å². The minimum absolute atomic E-state index is 0.310. The number of anilines is 1. The number of aromatic nitrogens is 4. The van der Waals surface area contributed by atoms with E-state index in [0.29, 0.717) is 29.7 Å². The maximum absolute atomic E-state index is 12.7. The summed E-state index contributed by atoms with van der Waals surface area (Å²) >= 11 is 0. The lowest BCUT2D eigenvalue weighted by atomic mass is 10.1. The molecule has 0 radical (unpaired) electrons. The molecule has 0 aromatic carbocycles. The molecule has 1 aliphatic heterocycles. The summed E-state index contributed by atoms with van der Waals surface area (Å²) in [7, 11) is 3.15. The van der Waals surface area contributed by atoms with Gasteiger partial charge in [0.15, 0.2) is 11.2 Å². The largest absolute Gasteiger partial charge is 0.353 e. The van der Waals surface area contributed by atoms with Gasteiger partial charge in [-0.3, -0.25) is 13.9 Å². The summed E-state index contributed by atoms with van der Waals surface area (Å²) in [6, 6.07) is 0.310. The van der Waals surface area contributed by atoms with Crippen molar-refractivity contribution < 1.29 is 0 Å². The summed E-state index contributed by atoms with van der Waals surface area (Å²) in [5, 5.41) is 6.81. The van der Waals surface area contributed by atoms with Gasteiger partial charge in [0.2, 0.25) is 5.95 Å². The number of allylic oxidation sites excluding steroid dienone is 2. The van der Waals surface area contributed by atoms with E-state index in [9.17, 15) is 9.59 Å². The van der Waals surface area contributed by atoms with E-state index in [1.54, 1.807) is 7.05 Å². The molecule has 3 rings (SSSR count). The molecule has 25 heavy (non-hydrogen) atoms. The van der Waals surface area contributed by atoms with Gasteiger partial charge in [-0.15, -0.1) is 0 Å². The Morgan fingerprint density at radius 3 is 2.56 bits per heavy atom. The first-order valence-corrected chi connectivity index (χ1v) is 8.67. The molecule has 2 aromatic heterocycles. The first-order chi connectivity index (χ1) is 11.9. The van der Waals surface area contributed by atoms with Crippen LogP contribution in [0.15, 0.2) is 21.2 Å². The number of fused-ring (bicyclic) bond motifs is 1. The average Bonchev–Trinajstić information content (AvgIpc) is 2.95. The second-order valence-electron chi connectivity index (χ2n) is 6.87. The smallest absolute Gasteiger partial charge is 0.332 e. The molecule has 0 atom stereocenters. The summed E-state index contributed by atoms with van der Waals surface area (Å²) in [6.07, 6.45) is 4.06. The van der Waals surface area contributed by atoms with Crippen molar-refractivity contribution in [3.63, 3.8) is 0 Å². The van der Waals surface area contributed by atoms with Gasteiger partial charge in [-0.1, -0.05) is 11.6 Å². The van der Waals surface area contributed by atoms with Crippen LogP contribution in [0.5, 0.6) is 0 Å². The number of nitrogens with zero attached hydrogens (tertiary/aromatic N) is 4. The molecule has 2 aromatic rings. The molecule has 0 saturated carbocycles. The highest BCUT2D eigenvalue weighted by atomic mass is 16.2. The van der Waals surface area contributed by atoms with E-state index < -0.39 is 0 Å². The highest BCUT2D eigenvalue weighted by Crippen LogP contribution is 2.19. The van der Waals surface area contributed by atoms with Crippen molar-refractivity contribution in [2.75, 3.05) is 18.4 Å². The Morgan fingerprint density at radius 2 is 1.92 bits per heavy atom. The molecule has 0 unspecified atom stereocenters. The number of aryl methyl sites for hydroxylation is 1. The zero-order valence-corrected chi connectivity index (χ0v) is 15.3. The number of hydrogen-bond acceptors (Lipinski definition) is 5. The fraction of sp³-hybridized carbons (Fsp3) is 0.588. The Hall–Kier alpha value is -2.35. The van der Waals surface area contributed by atoms with Crippen molar-refractivity contribution in [3.05, 3.63) is 32.5 Å². The van der Waals surface area contributed by atoms with Crippen molar-refractivity contribution in [1.82, 2.24) is 24.0 Å². The first-order valence-electron chi connectivity index (χ1n) is 8.67. The molecule has 0 amide bonds. The quantitative estimate of drug-likeness (QED) is 0.790. The predicted molar refractivity (Wildman–Crippen MR) is 99.2 cm³/mol. The van der Waals surface area contributed by atoms with Crippen LogP contribution in [0.3, 0.4) is 0 Å². The number of imidazole rings is 1. The van der Waals surface area contributed by atoms with Gasteiger partial charge in [0.25, 0.3) is 5.56 Å². The molecule has 136 valence electrons. The Bertz CT molecular complexity index is 923. The van der Waals surface area contributed by atoms with Crippen molar-refractivity contribution in [2.24, 2.45) is 14.1 Å². The summed E-state index contributed by atoms with van der Waals surface area (Å²) < 4.78 is 4.45. The van der Waals surface area contributed by atoms with Gasteiger partial charge in [-0.05, 0) is 39.8 Å². The topological polar surface area (TPSA) is 85.9 Å². The van der Waals surface area contributed by atoms with Gasteiger partial charge in [0.1, 0.15) is 0 Å². The van der Waals surface area contributed by atoms with Crippen molar-refractivity contribution in [3.8, 4) is 0 Å². The summed E-state index contributed by atoms with van der Waals surface area (Å²) in [4.78, 5) is 29.5. The fourth-order valence-corrected chi connectivity index (χ4v) is 3.16. The van der Waals surface area contributed by atoms with Crippen LogP contribution in [0.2, 0.25) is 0 Å². The van der Waals surface area contributed by atoms with Gasteiger partial charge >= 0.3 is 5.69 Å². The lowest BCUT2D eigenvalue weighted by Gasteiger charge is -2.24. The van der Waals surface area contributed by atoms with E-state index >= 15 is 0 Å². The molecule has 8 heteroatoms. The standard InChI is InChI=1S/C17H26N6O2/c1-11(2)7-10-23-13-14(21(3)17(25)22(4)15(13)24)20-16(23)19-12-5-8-18-9-6-12/h7,12,18H,5-6,8-10H2,1-4H3,(H,19,20). The van der Waals surface area contributed by atoms with Crippen LogP contribution in [0.25, 0.3) is 11.2 Å². The molecular formula is C17H26N6O2. The van der Waals surface area contributed by atoms with Crippen molar-refractivity contribution in [2.45, 2.75) is 39.3 Å². The molecule has 1 fully saturated rings. The maximum Gasteiger partial charge on any atom is 0.332 e. The molecule has 1 aliphatic rings. The molecule has 3 heterocycles. The Kier molecular flexibility index (Phi) is 4.80. The third kappa shape index (κ3) is 3.26. The Morgan fingerprint density at radius 1 is 1.24 bits per heavy atom. The zero-order valence-electron chi connectivity index (χ0n) is 15.3. The molecule has 0 spiro atoms. The number of rotatable bonds is 4. The second-order valence-corrected chi connectivity index (χ2v) is 6.87. The van der Waals surface area contributed by atoms with Gasteiger partial charge < -0.3 is 15.2 Å². The van der Waals surface area contributed by atoms with Gasteiger partial charge in [-0.25, -0.2) is 4.79 Å². The van der Waals surface area contributed by atoms with Crippen LogP contribution in [0.1, 0.15) is 26.7 Å². The molecule has 0 bridgehead atoms. The van der Waals surface area contributed by atoms with Crippen LogP contribution in [-0.4, -0.2) is 37.8 Å². The monoisotopic (exact) mass is 346 g/mol. The minimum Gasteiger partial charge on any atom is -0.353 e. The molecule has 1 saturated heterocycles. The Labute approximate surface area is 146 Å². The van der Waals surface area contributed by atoms with Gasteiger partial charge in [0.05, 0.1) is 0 Å². The van der Waals surface area contributed by atoms with Crippen molar-refractivity contribution >= 4 is 17.1 Å². The molecule has 8 nitrogen and oxygen atoms in total. The zero-order chi connectivity index (χ0) is 18.1. The molecule has 2 N–H and O–H groups in total. The van der Waals surface area contributed by atoms with E-state index in [2.05, 4.69) is 21.7 Å². The summed E-state index contributed by atoms with van der Waals surface area (Å²) in [5.74, 6) is 0.651. The SMILES string of the molecule is CC(C)=CCn1c(NC2CCNCC2)nc2c1c(=O)n(C)c(=O)n2C. The van der Waals surface area contributed by atoms with Crippen LogP contribution in [0, 0.1) is 0 Å². The van der Waals surface area contributed by atoms with Crippen molar-refractivity contribution in [1.29, 1.82) is 0 Å². The van der Waals surface area contributed by atoms with E-state index in [1.807, 2.05) is 18.4 Å². The molecular weight excluding hydrogens is 320 g/mol. The lowest BCUT2D eigenvalue weighted by molar-refractivity contribution is 0.476. The minimum atomic E-state index is -0.363. The van der Waals surface area contributed by atoms with Crippen LogP contribution >= 0.6 is 0 Å². The number of nitrogens with one attached hydrogen (secondary N) is 2. The van der Waals surface area contributed by atoms with E-state index in [1.165, 1.54) is 11.6 Å². The van der Waals surface area contributed by atoms with E-state index in [4.69, 9.17) is 0 Å². The predicted octanol–water partition coefficient (Wildman–Crippen LogP) is 0.564. The summed E-state index contributed by atoms with van der Waals surface area (Å²) in [6.45, 7) is 6.51. The van der Waals surface area contributed by atoms with Crippen LogP contribution in [0.4, 0.5) is 5.95 Å². The van der Waals surface area contributed by atoms with Crippen LogP contribution in [-0.2, 0) is 20.6 Å². The summed E-state index contributed by atoms with van der Waals surface area (Å²) in [5.41, 5.74) is 1.37. The maximum atomic E-state index is 12.7. The average molecular weight is 346 g/mol. The molecule has 0 aliphatic carbocycles. The fourth-order valence-electron chi connectivity index (χ4n) is 3.16. The number of piperidine rings is 1. The third-order valence-electron chi connectivity index (χ3n) is 4.70. The highest BCUT2D eigenvalue weighted by molar-refractivity contribution is 5.74. The number of hydrogen-bond donors (Lipinski definition) is 2. The Balaban J connectivity index is 2.17. The lowest BCUT2D eigenvalue weighted by Crippen LogP contribution is -2.37. The van der Waals surface area contributed by atoms with E-state index in [0.717, 1.165) is 36.1 Å². The third-order valence-corrected chi connectivity index (χ3v) is 4.70. The second kappa shape index (κ2) is 6.87. The van der Waals surface area contributed by atoms with E-state index in [-0.39, 0.29) is 11.2 Å². The normalized spacial score (nSPS) is 15.5. The highest BCUT2D eigenvalue weighted by Gasteiger charge is 2.21. The van der Waals surface area contributed by atoms with Gasteiger partial charge in [0, 0.05) is 26.7 Å². The first kappa shape index (κ1) is 17.5.